The van der Waals surface area contributed by atoms with E-state index in [0.29, 0.717) is 12.4 Å². The number of rotatable bonds is 2. The molecule has 2 aromatic rings. The molecule has 0 fully saturated rings. The van der Waals surface area contributed by atoms with Crippen molar-refractivity contribution >= 4 is 6.09 Å². The fourth-order valence-corrected chi connectivity index (χ4v) is 2.76. The molecule has 1 atom stereocenters. The Morgan fingerprint density at radius 2 is 2.08 bits per heavy atom. The van der Waals surface area contributed by atoms with Gasteiger partial charge in [0.2, 0.25) is 5.88 Å². The van der Waals surface area contributed by atoms with Gasteiger partial charge in [-0.05, 0) is 39.3 Å². The van der Waals surface area contributed by atoms with Crippen molar-refractivity contribution in [2.24, 2.45) is 0 Å². The van der Waals surface area contributed by atoms with Crippen molar-refractivity contribution in [1.82, 2.24) is 10.3 Å². The number of hydrogen-bond donors (Lipinski definition) is 1. The molecule has 126 valence electrons. The average molecular weight is 326 g/mol. The first-order valence-electron chi connectivity index (χ1n) is 8.10. The van der Waals surface area contributed by atoms with Crippen molar-refractivity contribution in [2.45, 2.75) is 38.7 Å². The van der Waals surface area contributed by atoms with E-state index in [4.69, 9.17) is 9.47 Å². The van der Waals surface area contributed by atoms with E-state index in [1.807, 2.05) is 57.2 Å². The van der Waals surface area contributed by atoms with Crippen LogP contribution in [0.1, 0.15) is 37.8 Å². The Bertz CT molecular complexity index is 737. The highest BCUT2D eigenvalue weighted by Gasteiger charge is 2.25. The zero-order chi connectivity index (χ0) is 17.2. The van der Waals surface area contributed by atoms with Crippen LogP contribution in [0, 0.1) is 0 Å². The highest BCUT2D eigenvalue weighted by atomic mass is 16.6. The third-order valence-electron chi connectivity index (χ3n) is 3.77. The van der Waals surface area contributed by atoms with E-state index >= 15 is 0 Å². The molecule has 1 amide bonds. The summed E-state index contributed by atoms with van der Waals surface area (Å²) in [7, 11) is 0. The lowest BCUT2D eigenvalue weighted by Crippen LogP contribution is -2.35. The number of pyridine rings is 1. The minimum absolute atomic E-state index is 0.0965. The number of nitrogens with zero attached hydrogens (tertiary/aromatic N) is 1. The van der Waals surface area contributed by atoms with Crippen LogP contribution in [-0.2, 0) is 11.2 Å². The number of aromatic nitrogens is 1. The van der Waals surface area contributed by atoms with Crippen molar-refractivity contribution in [2.75, 3.05) is 6.54 Å². The van der Waals surface area contributed by atoms with Crippen LogP contribution in [-0.4, -0.2) is 23.2 Å². The monoisotopic (exact) mass is 326 g/mol. The van der Waals surface area contributed by atoms with Gasteiger partial charge in [-0.3, -0.25) is 0 Å². The molecular weight excluding hydrogens is 304 g/mol. The second kappa shape index (κ2) is 6.51. The van der Waals surface area contributed by atoms with E-state index < -0.39 is 11.7 Å². The van der Waals surface area contributed by atoms with Gasteiger partial charge in [0.25, 0.3) is 0 Å². The summed E-state index contributed by atoms with van der Waals surface area (Å²) in [5.41, 5.74) is 1.58. The van der Waals surface area contributed by atoms with Gasteiger partial charge in [-0.2, -0.15) is 0 Å². The van der Waals surface area contributed by atoms with Gasteiger partial charge in [0.1, 0.15) is 11.4 Å². The molecule has 1 aliphatic heterocycles. The Labute approximate surface area is 142 Å². The van der Waals surface area contributed by atoms with E-state index in [0.717, 1.165) is 23.3 Å². The van der Waals surface area contributed by atoms with Gasteiger partial charge in [0.05, 0.1) is 0 Å². The summed E-state index contributed by atoms with van der Waals surface area (Å²) in [6, 6.07) is 11.8. The molecule has 1 aliphatic rings. The predicted molar refractivity (Wildman–Crippen MR) is 91.4 cm³/mol. The first-order chi connectivity index (χ1) is 11.4. The Morgan fingerprint density at radius 1 is 1.29 bits per heavy atom. The van der Waals surface area contributed by atoms with E-state index in [1.165, 1.54) is 0 Å². The predicted octanol–water partition coefficient (Wildman–Crippen LogP) is 4.04. The Balaban J connectivity index is 1.80. The summed E-state index contributed by atoms with van der Waals surface area (Å²) in [6.07, 6.45) is 2.06. The third-order valence-corrected chi connectivity index (χ3v) is 3.77. The number of ether oxygens (including phenoxy) is 2. The lowest BCUT2D eigenvalue weighted by molar-refractivity contribution is 0.0524. The van der Waals surface area contributed by atoms with E-state index in [-0.39, 0.29) is 5.92 Å². The molecule has 0 radical (unpaired) electrons. The molecule has 1 aromatic heterocycles. The fraction of sp³-hybridized carbons (Fsp3) is 0.368. The zero-order valence-electron chi connectivity index (χ0n) is 14.2. The van der Waals surface area contributed by atoms with Crippen LogP contribution >= 0.6 is 0 Å². The number of carbonyl (C=O) groups excluding carboxylic acids is 1. The maximum Gasteiger partial charge on any atom is 0.407 e. The van der Waals surface area contributed by atoms with E-state index in [1.54, 1.807) is 6.20 Å². The van der Waals surface area contributed by atoms with Gasteiger partial charge >= 0.3 is 6.09 Å². The van der Waals surface area contributed by atoms with Crippen LogP contribution in [0.3, 0.4) is 0 Å². The fourth-order valence-electron chi connectivity index (χ4n) is 2.76. The minimum Gasteiger partial charge on any atom is -0.444 e. The molecule has 5 heteroatoms. The molecule has 0 spiro atoms. The van der Waals surface area contributed by atoms with Crippen molar-refractivity contribution in [3.8, 4) is 11.6 Å². The second-order valence-corrected chi connectivity index (χ2v) is 6.89. The molecule has 24 heavy (non-hydrogen) atoms. The first kappa shape index (κ1) is 16.3. The first-order valence-corrected chi connectivity index (χ1v) is 8.10. The molecule has 1 N–H and O–H groups in total. The van der Waals surface area contributed by atoms with Crippen LogP contribution < -0.4 is 10.1 Å². The second-order valence-electron chi connectivity index (χ2n) is 6.89. The summed E-state index contributed by atoms with van der Waals surface area (Å²) in [5, 5.41) is 2.87. The van der Waals surface area contributed by atoms with E-state index in [9.17, 15) is 4.79 Å². The van der Waals surface area contributed by atoms with Crippen molar-refractivity contribution in [1.29, 1.82) is 0 Å². The van der Waals surface area contributed by atoms with Gasteiger partial charge in [0, 0.05) is 29.8 Å². The normalized spacial score (nSPS) is 16.2. The van der Waals surface area contributed by atoms with Crippen molar-refractivity contribution < 1.29 is 14.3 Å². The molecule has 0 saturated carbocycles. The van der Waals surface area contributed by atoms with Crippen LogP contribution in [0.15, 0.2) is 42.6 Å². The summed E-state index contributed by atoms with van der Waals surface area (Å²) < 4.78 is 11.3. The Kier molecular flexibility index (Phi) is 4.42. The molecule has 2 heterocycles. The molecule has 0 aliphatic carbocycles. The van der Waals surface area contributed by atoms with Gasteiger partial charge in [-0.1, -0.05) is 24.3 Å². The van der Waals surface area contributed by atoms with Crippen LogP contribution in [0.2, 0.25) is 0 Å². The Hall–Kier alpha value is -2.56. The third kappa shape index (κ3) is 3.85. The van der Waals surface area contributed by atoms with E-state index in [2.05, 4.69) is 10.3 Å². The summed E-state index contributed by atoms with van der Waals surface area (Å²) in [5.74, 6) is 1.51. The number of alkyl carbamates (subject to hydrolysis) is 1. The molecule has 1 unspecified atom stereocenters. The average Bonchev–Trinajstić information content (AvgIpc) is 2.67. The number of para-hydroxylation sites is 1. The van der Waals surface area contributed by atoms with Crippen LogP contribution in [0.5, 0.6) is 11.6 Å². The topological polar surface area (TPSA) is 60.5 Å². The van der Waals surface area contributed by atoms with Crippen molar-refractivity contribution in [3.05, 3.63) is 53.7 Å². The van der Waals surface area contributed by atoms with Crippen LogP contribution in [0.4, 0.5) is 4.79 Å². The highest BCUT2D eigenvalue weighted by Crippen LogP contribution is 2.37. The molecule has 3 rings (SSSR count). The van der Waals surface area contributed by atoms with Gasteiger partial charge in [-0.15, -0.1) is 0 Å². The largest absolute Gasteiger partial charge is 0.444 e. The minimum atomic E-state index is -0.509. The number of hydrogen-bond acceptors (Lipinski definition) is 4. The van der Waals surface area contributed by atoms with Gasteiger partial charge in [0.15, 0.2) is 0 Å². The molecular formula is C19H22N2O3. The maximum atomic E-state index is 12.0. The molecule has 5 nitrogen and oxygen atoms in total. The number of fused-ring (bicyclic) bond motifs is 2. The SMILES string of the molecule is CC(C)(C)OC(=O)NCC1Cc2cccnc2Oc2ccccc21. The lowest BCUT2D eigenvalue weighted by Gasteiger charge is -2.22. The standard InChI is InChI=1S/C19H22N2O3/c1-19(2,3)24-18(22)21-12-14-11-13-7-6-10-20-17(13)23-16-9-5-4-8-15(14)16/h4-10,14H,11-12H2,1-3H3,(H,21,22). The summed E-state index contributed by atoms with van der Waals surface area (Å²) >= 11 is 0. The number of nitrogens with one attached hydrogen (secondary N) is 1. The quantitative estimate of drug-likeness (QED) is 0.905. The Morgan fingerprint density at radius 3 is 2.88 bits per heavy atom. The number of carbonyl (C=O) groups is 1. The van der Waals surface area contributed by atoms with Gasteiger partial charge < -0.3 is 14.8 Å². The van der Waals surface area contributed by atoms with Crippen LogP contribution in [0.25, 0.3) is 0 Å². The summed E-state index contributed by atoms with van der Waals surface area (Å²) in [6.45, 7) is 6.03. The molecule has 0 bridgehead atoms. The summed E-state index contributed by atoms with van der Waals surface area (Å²) in [4.78, 5) is 16.3. The maximum absolute atomic E-state index is 12.0. The lowest BCUT2D eigenvalue weighted by atomic mass is 9.92. The number of amides is 1. The molecule has 1 aromatic carbocycles. The van der Waals surface area contributed by atoms with Crippen molar-refractivity contribution in [3.63, 3.8) is 0 Å². The highest BCUT2D eigenvalue weighted by molar-refractivity contribution is 5.67. The molecule has 0 saturated heterocycles. The number of benzene rings is 1. The zero-order valence-corrected chi connectivity index (χ0v) is 14.2. The smallest absolute Gasteiger partial charge is 0.407 e. The van der Waals surface area contributed by atoms with Gasteiger partial charge in [-0.25, -0.2) is 9.78 Å².